The van der Waals surface area contributed by atoms with Crippen molar-refractivity contribution in [2.24, 2.45) is 0 Å². The number of hydrogen-bond acceptors (Lipinski definition) is 6. The summed E-state index contributed by atoms with van der Waals surface area (Å²) in [5, 5.41) is 0. The van der Waals surface area contributed by atoms with Crippen LogP contribution in [0.25, 0.3) is 0 Å². The van der Waals surface area contributed by atoms with Crippen molar-refractivity contribution >= 4 is 28.6 Å². The van der Waals surface area contributed by atoms with Gasteiger partial charge in [-0.05, 0) is 34.7 Å². The largest absolute Gasteiger partial charge is 0.408 e. The van der Waals surface area contributed by atoms with Gasteiger partial charge in [0.1, 0.15) is 5.75 Å². The maximum absolute atomic E-state index is 11.0. The fraction of sp³-hybridized carbons (Fsp3) is 0.250. The molecule has 0 saturated carbocycles. The molecule has 0 radical (unpaired) electrons. The van der Waals surface area contributed by atoms with Gasteiger partial charge < -0.3 is 4.52 Å². The summed E-state index contributed by atoms with van der Waals surface area (Å²) in [7, 11) is -3.29. The Morgan fingerprint density at radius 3 is 2.44 bits per heavy atom. The quantitative estimate of drug-likeness (QED) is 0.588. The number of hydrogen-bond donors (Lipinski definition) is 0. The molecule has 0 heterocycles. The van der Waals surface area contributed by atoms with Crippen molar-refractivity contribution in [3.63, 3.8) is 0 Å². The Balaban J connectivity index is 2.59. The van der Waals surface area contributed by atoms with E-state index >= 15 is 0 Å². The Morgan fingerprint density at radius 2 is 1.94 bits per heavy atom. The van der Waals surface area contributed by atoms with Gasteiger partial charge in [-0.15, -0.1) is 0 Å². The van der Waals surface area contributed by atoms with Crippen LogP contribution in [0.1, 0.15) is 5.56 Å². The molecule has 0 bridgehead atoms. The minimum absolute atomic E-state index is 0.0292. The lowest BCUT2D eigenvalue weighted by molar-refractivity contribution is 0.319. The molecule has 1 aromatic rings. The van der Waals surface area contributed by atoms with Crippen LogP contribution in [0.2, 0.25) is 0 Å². The Morgan fingerprint density at radius 1 is 1.31 bits per heavy atom. The van der Waals surface area contributed by atoms with E-state index in [-0.39, 0.29) is 6.61 Å². The molecule has 0 aliphatic rings. The first-order valence-corrected chi connectivity index (χ1v) is 7.99. The van der Waals surface area contributed by atoms with E-state index in [4.69, 9.17) is 4.18 Å². The Hall–Kier alpha value is -0.620. The lowest BCUT2D eigenvalue weighted by atomic mass is 10.2. The summed E-state index contributed by atoms with van der Waals surface area (Å²) >= 11 is 0. The van der Waals surface area contributed by atoms with E-state index in [1.165, 1.54) is 6.26 Å². The van der Waals surface area contributed by atoms with Crippen molar-refractivity contribution in [3.05, 3.63) is 29.8 Å². The highest BCUT2D eigenvalue weighted by Crippen LogP contribution is 2.18. The summed E-state index contributed by atoms with van der Waals surface area (Å²) in [6.45, 7) is -0.0292. The third-order valence-corrected chi connectivity index (χ3v) is 4.25. The van der Waals surface area contributed by atoms with Gasteiger partial charge in [-0.1, -0.05) is 12.1 Å². The molecule has 0 unspecified atom stereocenters. The fourth-order valence-corrected chi connectivity index (χ4v) is 1.90. The van der Waals surface area contributed by atoms with E-state index in [1.807, 2.05) is 0 Å². The first-order valence-electron chi connectivity index (χ1n) is 4.11. The highest BCUT2D eigenvalue weighted by Gasteiger charge is 2.08. The summed E-state index contributed by atoms with van der Waals surface area (Å²) in [4.78, 5) is 0. The van der Waals surface area contributed by atoms with Crippen molar-refractivity contribution in [2.45, 2.75) is 6.61 Å². The smallest absolute Gasteiger partial charge is 0.395 e. The van der Waals surface area contributed by atoms with Crippen LogP contribution in [0.5, 0.6) is 5.75 Å². The van der Waals surface area contributed by atoms with Crippen LogP contribution in [0.15, 0.2) is 24.3 Å². The molecule has 16 heavy (non-hydrogen) atoms. The average molecular weight is 280 g/mol. The van der Waals surface area contributed by atoms with Crippen LogP contribution in [-0.4, -0.2) is 14.7 Å². The van der Waals surface area contributed by atoms with Crippen LogP contribution in [0.4, 0.5) is 0 Å². The third-order valence-electron chi connectivity index (χ3n) is 1.64. The van der Waals surface area contributed by atoms with E-state index in [2.05, 4.69) is 4.52 Å². The van der Waals surface area contributed by atoms with E-state index in [9.17, 15) is 13.0 Å². The zero-order valence-corrected chi connectivity index (χ0v) is 10.8. The highest BCUT2D eigenvalue weighted by molar-refractivity contribution is 8.70. The van der Waals surface area contributed by atoms with Crippen LogP contribution in [0.3, 0.4) is 0 Å². The van der Waals surface area contributed by atoms with Gasteiger partial charge in [0, 0.05) is 0 Å². The highest BCUT2D eigenvalue weighted by atomic mass is 33.1. The molecule has 0 N–H and O–H groups in total. The van der Waals surface area contributed by atoms with Crippen molar-refractivity contribution in [3.8, 4) is 5.75 Å². The maximum Gasteiger partial charge on any atom is 0.395 e. The molecule has 0 amide bonds. The molecular formula is C8H9O5PS2. The molecular weight excluding hydrogens is 271 g/mol. The van der Waals surface area contributed by atoms with Crippen molar-refractivity contribution in [2.75, 3.05) is 6.26 Å². The predicted octanol–water partition coefficient (Wildman–Crippen LogP) is 2.40. The summed E-state index contributed by atoms with van der Waals surface area (Å²) in [6.07, 6.45) is 1.43. The Kier molecular flexibility index (Phi) is 5.21. The standard InChI is InChI=1S/C8H9O5PS2/c1-15-16(10,11)12-6-7-2-4-8(5-3-7)13-14-9/h2-5H,6H2,1H3. The van der Waals surface area contributed by atoms with Gasteiger partial charge >= 0.3 is 17.8 Å². The molecule has 1 rings (SSSR count). The van der Waals surface area contributed by atoms with Crippen LogP contribution >= 0.6 is 19.5 Å². The topological polar surface area (TPSA) is 69.7 Å². The van der Waals surface area contributed by atoms with Gasteiger partial charge in [-0.3, -0.25) is 4.18 Å². The van der Waals surface area contributed by atoms with E-state index in [0.717, 1.165) is 0 Å². The van der Waals surface area contributed by atoms with Gasteiger partial charge in [-0.2, -0.15) is 8.42 Å². The third kappa shape index (κ3) is 4.49. The molecule has 0 spiro atoms. The summed E-state index contributed by atoms with van der Waals surface area (Å²) in [5.41, 5.74) is 0.688. The van der Waals surface area contributed by atoms with Crippen molar-refractivity contribution in [1.29, 1.82) is 0 Å². The SMILES string of the molecule is CSS(=O)(=O)OCc1ccc(OP=O)cc1. The maximum atomic E-state index is 11.0. The molecule has 1 aromatic carbocycles. The minimum Gasteiger partial charge on any atom is -0.408 e. The molecule has 0 aliphatic carbocycles. The Bertz CT molecular complexity index is 442. The molecule has 0 atom stereocenters. The second-order valence-corrected chi connectivity index (χ2v) is 6.59. The molecule has 5 nitrogen and oxygen atoms in total. The second kappa shape index (κ2) is 6.20. The number of benzene rings is 1. The Labute approximate surface area is 99.0 Å². The normalized spacial score (nSPS) is 11.6. The lowest BCUT2D eigenvalue weighted by Gasteiger charge is -2.03. The van der Waals surface area contributed by atoms with E-state index < -0.39 is 17.8 Å². The second-order valence-electron chi connectivity index (χ2n) is 2.65. The molecule has 0 saturated heterocycles. The van der Waals surface area contributed by atoms with Gasteiger partial charge in [0.15, 0.2) is 0 Å². The zero-order valence-electron chi connectivity index (χ0n) is 8.32. The van der Waals surface area contributed by atoms with E-state index in [0.29, 0.717) is 22.1 Å². The molecule has 8 heteroatoms. The summed E-state index contributed by atoms with van der Waals surface area (Å²) < 4.78 is 41.5. The monoisotopic (exact) mass is 280 g/mol. The summed E-state index contributed by atoms with van der Waals surface area (Å²) in [5.74, 6) is 0.438. The van der Waals surface area contributed by atoms with Crippen molar-refractivity contribution < 1.29 is 21.7 Å². The summed E-state index contributed by atoms with van der Waals surface area (Å²) in [6, 6.07) is 6.43. The van der Waals surface area contributed by atoms with Gasteiger partial charge in [0.25, 0.3) is 0 Å². The van der Waals surface area contributed by atoms with E-state index in [1.54, 1.807) is 24.3 Å². The minimum atomic E-state index is -3.50. The van der Waals surface area contributed by atoms with Crippen LogP contribution in [-0.2, 0) is 24.5 Å². The fourth-order valence-electron chi connectivity index (χ4n) is 0.878. The van der Waals surface area contributed by atoms with Gasteiger partial charge in [0.2, 0.25) is 0 Å². The number of rotatable bonds is 6. The van der Waals surface area contributed by atoms with Gasteiger partial charge in [-0.25, -0.2) is 4.57 Å². The molecule has 88 valence electrons. The van der Waals surface area contributed by atoms with Crippen LogP contribution < -0.4 is 4.52 Å². The lowest BCUT2D eigenvalue weighted by Crippen LogP contribution is -2.00. The predicted molar refractivity (Wildman–Crippen MR) is 61.9 cm³/mol. The molecule has 0 aromatic heterocycles. The first kappa shape index (κ1) is 13.4. The first-order chi connectivity index (χ1) is 7.57. The van der Waals surface area contributed by atoms with Crippen LogP contribution in [0, 0.1) is 0 Å². The van der Waals surface area contributed by atoms with Gasteiger partial charge in [0.05, 0.1) is 6.61 Å². The molecule has 0 aliphatic heterocycles. The average Bonchev–Trinajstić information content (AvgIpc) is 2.29. The zero-order chi connectivity index (χ0) is 12.0. The molecule has 0 fully saturated rings. The van der Waals surface area contributed by atoms with Crippen molar-refractivity contribution in [1.82, 2.24) is 0 Å².